The van der Waals surface area contributed by atoms with Crippen molar-refractivity contribution in [3.05, 3.63) is 12.2 Å². The molecule has 0 saturated carbocycles. The Bertz CT molecular complexity index is 240. The molecule has 0 aromatic rings. The molecule has 0 radical (unpaired) electrons. The Morgan fingerprint density at radius 3 is 1.94 bits per heavy atom. The molecule has 0 atom stereocenters. The fraction of sp³-hybridized carbons (Fsp3) is 0.692. The molecule has 4 nitrogen and oxygen atoms in total. The van der Waals surface area contributed by atoms with E-state index in [2.05, 4.69) is 6.92 Å². The second kappa shape index (κ2) is 9.87. The van der Waals surface area contributed by atoms with Gasteiger partial charge >= 0.3 is 11.9 Å². The van der Waals surface area contributed by atoms with Crippen LogP contribution >= 0.6 is 0 Å². The van der Waals surface area contributed by atoms with Crippen LogP contribution in [0.4, 0.5) is 0 Å². The first kappa shape index (κ1) is 15.7. The smallest absolute Gasteiger partial charge is 0.320 e. The van der Waals surface area contributed by atoms with Gasteiger partial charge in [-0.05, 0) is 26.7 Å². The standard InChI is InChI=1S/C13H22O4/c1-4-7-8-9-10-11(12(14)16-5-2)13(15)17-6-3/h8-9,11H,4-7,10H2,1-3H3/b9-8+. The average Bonchev–Trinajstić information content (AvgIpc) is 2.29. The van der Waals surface area contributed by atoms with Gasteiger partial charge in [-0.2, -0.15) is 0 Å². The highest BCUT2D eigenvalue weighted by atomic mass is 16.6. The number of carbonyl (C=O) groups is 2. The molecule has 0 saturated heterocycles. The summed E-state index contributed by atoms with van der Waals surface area (Å²) in [6.07, 6.45) is 6.13. The first-order valence-electron chi connectivity index (χ1n) is 6.15. The van der Waals surface area contributed by atoms with Crippen LogP contribution in [0.1, 0.15) is 40.0 Å². The van der Waals surface area contributed by atoms with Gasteiger partial charge in [0.2, 0.25) is 0 Å². The fourth-order valence-corrected chi connectivity index (χ4v) is 1.29. The van der Waals surface area contributed by atoms with Gasteiger partial charge in [-0.15, -0.1) is 0 Å². The zero-order valence-corrected chi connectivity index (χ0v) is 10.9. The zero-order chi connectivity index (χ0) is 13.1. The minimum Gasteiger partial charge on any atom is -0.465 e. The molecule has 4 heteroatoms. The summed E-state index contributed by atoms with van der Waals surface area (Å²) in [5, 5.41) is 0. The third-order valence-corrected chi connectivity index (χ3v) is 2.14. The van der Waals surface area contributed by atoms with Gasteiger partial charge in [-0.25, -0.2) is 0 Å². The molecule has 0 aromatic carbocycles. The second-order valence-corrected chi connectivity index (χ2v) is 3.55. The Kier molecular flexibility index (Phi) is 9.11. The number of unbranched alkanes of at least 4 members (excludes halogenated alkanes) is 1. The molecule has 0 aromatic heterocycles. The van der Waals surface area contributed by atoms with Crippen molar-refractivity contribution in [3.8, 4) is 0 Å². The summed E-state index contributed by atoms with van der Waals surface area (Å²) in [7, 11) is 0. The van der Waals surface area contributed by atoms with Crippen molar-refractivity contribution in [2.75, 3.05) is 13.2 Å². The van der Waals surface area contributed by atoms with E-state index in [4.69, 9.17) is 9.47 Å². The van der Waals surface area contributed by atoms with Gasteiger partial charge in [0, 0.05) is 0 Å². The van der Waals surface area contributed by atoms with Crippen molar-refractivity contribution in [2.24, 2.45) is 5.92 Å². The lowest BCUT2D eigenvalue weighted by atomic mass is 10.1. The summed E-state index contributed by atoms with van der Waals surface area (Å²) >= 11 is 0. The van der Waals surface area contributed by atoms with E-state index in [1.54, 1.807) is 13.8 Å². The van der Waals surface area contributed by atoms with Gasteiger partial charge in [-0.3, -0.25) is 9.59 Å². The van der Waals surface area contributed by atoms with Crippen LogP contribution in [0.15, 0.2) is 12.2 Å². The molecule has 0 amide bonds. The van der Waals surface area contributed by atoms with Gasteiger partial charge in [0.25, 0.3) is 0 Å². The largest absolute Gasteiger partial charge is 0.465 e. The Labute approximate surface area is 103 Å². The van der Waals surface area contributed by atoms with Gasteiger partial charge in [-0.1, -0.05) is 25.5 Å². The molecular formula is C13H22O4. The first-order valence-corrected chi connectivity index (χ1v) is 6.15. The third-order valence-electron chi connectivity index (χ3n) is 2.14. The van der Waals surface area contributed by atoms with E-state index < -0.39 is 17.9 Å². The molecule has 0 N–H and O–H groups in total. The predicted octanol–water partition coefficient (Wildman–Crippen LogP) is 2.48. The molecule has 0 heterocycles. The van der Waals surface area contributed by atoms with E-state index in [1.165, 1.54) is 0 Å². The van der Waals surface area contributed by atoms with Crippen LogP contribution in [-0.4, -0.2) is 25.2 Å². The Balaban J connectivity index is 4.39. The number of ether oxygens (including phenoxy) is 2. The van der Waals surface area contributed by atoms with Crippen molar-refractivity contribution in [1.82, 2.24) is 0 Å². The summed E-state index contributed by atoms with van der Waals surface area (Å²) in [5.41, 5.74) is 0. The summed E-state index contributed by atoms with van der Waals surface area (Å²) in [5.74, 6) is -1.85. The summed E-state index contributed by atoms with van der Waals surface area (Å²) in [6, 6.07) is 0. The Hall–Kier alpha value is -1.32. The SMILES string of the molecule is CCC/C=C/CC(C(=O)OCC)C(=O)OCC. The molecule has 0 bridgehead atoms. The van der Waals surface area contributed by atoms with E-state index in [1.807, 2.05) is 12.2 Å². The highest BCUT2D eigenvalue weighted by Gasteiger charge is 2.27. The van der Waals surface area contributed by atoms with E-state index >= 15 is 0 Å². The molecule has 17 heavy (non-hydrogen) atoms. The zero-order valence-electron chi connectivity index (χ0n) is 10.9. The summed E-state index contributed by atoms with van der Waals surface area (Å²) in [4.78, 5) is 23.1. The van der Waals surface area contributed by atoms with Crippen molar-refractivity contribution < 1.29 is 19.1 Å². The monoisotopic (exact) mass is 242 g/mol. The third kappa shape index (κ3) is 6.76. The topological polar surface area (TPSA) is 52.6 Å². The number of hydrogen-bond acceptors (Lipinski definition) is 4. The summed E-state index contributed by atoms with van der Waals surface area (Å²) in [6.45, 7) is 6.04. The fourth-order valence-electron chi connectivity index (χ4n) is 1.29. The molecule has 0 spiro atoms. The number of esters is 2. The lowest BCUT2D eigenvalue weighted by Crippen LogP contribution is -2.27. The Morgan fingerprint density at radius 1 is 1.00 bits per heavy atom. The maximum atomic E-state index is 11.6. The average molecular weight is 242 g/mol. The number of carbonyl (C=O) groups excluding carboxylic acids is 2. The summed E-state index contributed by atoms with van der Waals surface area (Å²) < 4.78 is 9.71. The van der Waals surface area contributed by atoms with E-state index in [0.717, 1.165) is 12.8 Å². The maximum absolute atomic E-state index is 11.6. The van der Waals surface area contributed by atoms with Gasteiger partial charge in [0.05, 0.1) is 13.2 Å². The molecule has 0 rings (SSSR count). The van der Waals surface area contributed by atoms with Gasteiger partial charge in [0.1, 0.15) is 0 Å². The van der Waals surface area contributed by atoms with Crippen LogP contribution in [-0.2, 0) is 19.1 Å². The minimum absolute atomic E-state index is 0.271. The minimum atomic E-state index is -0.831. The highest BCUT2D eigenvalue weighted by molar-refractivity contribution is 5.95. The van der Waals surface area contributed by atoms with Crippen molar-refractivity contribution >= 4 is 11.9 Å². The lowest BCUT2D eigenvalue weighted by Gasteiger charge is -2.12. The Morgan fingerprint density at radius 2 is 1.53 bits per heavy atom. The van der Waals surface area contributed by atoms with Crippen molar-refractivity contribution in [2.45, 2.75) is 40.0 Å². The van der Waals surface area contributed by atoms with Crippen molar-refractivity contribution in [3.63, 3.8) is 0 Å². The van der Waals surface area contributed by atoms with E-state index in [9.17, 15) is 9.59 Å². The normalized spacial score (nSPS) is 10.8. The quantitative estimate of drug-likeness (QED) is 0.373. The molecule has 98 valence electrons. The molecule has 0 fully saturated rings. The molecule has 0 aliphatic carbocycles. The molecule has 0 aliphatic rings. The highest BCUT2D eigenvalue weighted by Crippen LogP contribution is 2.10. The molecule has 0 aliphatic heterocycles. The molecule has 0 unspecified atom stereocenters. The van der Waals surface area contributed by atoms with Gasteiger partial charge in [0.15, 0.2) is 5.92 Å². The number of hydrogen-bond donors (Lipinski definition) is 0. The first-order chi connectivity index (χ1) is 8.17. The molecular weight excluding hydrogens is 220 g/mol. The van der Waals surface area contributed by atoms with Crippen LogP contribution in [0.3, 0.4) is 0 Å². The van der Waals surface area contributed by atoms with E-state index in [0.29, 0.717) is 6.42 Å². The predicted molar refractivity (Wildman–Crippen MR) is 65.4 cm³/mol. The van der Waals surface area contributed by atoms with Crippen LogP contribution in [0.25, 0.3) is 0 Å². The number of allylic oxidation sites excluding steroid dienone is 2. The van der Waals surface area contributed by atoms with Crippen LogP contribution in [0.5, 0.6) is 0 Å². The lowest BCUT2D eigenvalue weighted by molar-refractivity contribution is -0.161. The van der Waals surface area contributed by atoms with E-state index in [-0.39, 0.29) is 13.2 Å². The number of rotatable bonds is 8. The van der Waals surface area contributed by atoms with Gasteiger partial charge < -0.3 is 9.47 Å². The van der Waals surface area contributed by atoms with Crippen molar-refractivity contribution in [1.29, 1.82) is 0 Å². The van der Waals surface area contributed by atoms with Crippen LogP contribution in [0.2, 0.25) is 0 Å². The maximum Gasteiger partial charge on any atom is 0.320 e. The van der Waals surface area contributed by atoms with Crippen LogP contribution < -0.4 is 0 Å². The second-order valence-electron chi connectivity index (χ2n) is 3.55. The van der Waals surface area contributed by atoms with Crippen LogP contribution in [0, 0.1) is 5.92 Å².